The Bertz CT molecular complexity index is 569. The van der Waals surface area contributed by atoms with Crippen LogP contribution >= 0.6 is 0 Å². The highest BCUT2D eigenvalue weighted by molar-refractivity contribution is 5.88. The number of benzene rings is 1. The molecule has 3 atom stereocenters. The first-order valence-electron chi connectivity index (χ1n) is 7.20. The summed E-state index contributed by atoms with van der Waals surface area (Å²) in [4.78, 5) is 23.3. The summed E-state index contributed by atoms with van der Waals surface area (Å²) in [6.45, 7) is 1.77. The Labute approximate surface area is 118 Å². The largest absolute Gasteiger partial charge is 0.480 e. The van der Waals surface area contributed by atoms with E-state index in [2.05, 4.69) is 17.4 Å². The van der Waals surface area contributed by atoms with E-state index in [1.54, 1.807) is 6.92 Å². The molecule has 106 valence electrons. The molecule has 1 spiro atoms. The molecule has 2 aliphatic rings. The highest BCUT2D eigenvalue weighted by Gasteiger charge is 2.61. The Morgan fingerprint density at radius 1 is 1.45 bits per heavy atom. The van der Waals surface area contributed by atoms with Crippen molar-refractivity contribution in [3.8, 4) is 0 Å². The lowest BCUT2D eigenvalue weighted by atomic mass is 9.95. The summed E-state index contributed by atoms with van der Waals surface area (Å²) >= 11 is 0. The van der Waals surface area contributed by atoms with Crippen LogP contribution in [0.1, 0.15) is 37.3 Å². The Morgan fingerprint density at radius 2 is 2.20 bits per heavy atom. The molecule has 1 amide bonds. The summed E-state index contributed by atoms with van der Waals surface area (Å²) in [5, 5.41) is 11.7. The molecule has 0 aromatic heterocycles. The van der Waals surface area contributed by atoms with Crippen LogP contribution in [0.25, 0.3) is 0 Å². The van der Waals surface area contributed by atoms with Crippen LogP contribution in [-0.2, 0) is 21.4 Å². The lowest BCUT2D eigenvalue weighted by molar-refractivity contribution is -0.142. The first kappa shape index (κ1) is 13.2. The smallest absolute Gasteiger partial charge is 0.326 e. The van der Waals surface area contributed by atoms with Gasteiger partial charge >= 0.3 is 5.97 Å². The number of nitrogens with one attached hydrogen (secondary N) is 1. The molecular formula is C16H19NO3. The fraction of sp³-hybridized carbons (Fsp3) is 0.500. The number of hydrogen-bond donors (Lipinski definition) is 2. The van der Waals surface area contributed by atoms with Gasteiger partial charge in [-0.15, -0.1) is 0 Å². The van der Waals surface area contributed by atoms with E-state index in [0.29, 0.717) is 6.42 Å². The highest BCUT2D eigenvalue weighted by Crippen LogP contribution is 2.61. The monoisotopic (exact) mass is 273 g/mol. The van der Waals surface area contributed by atoms with Crippen molar-refractivity contribution < 1.29 is 14.7 Å². The van der Waals surface area contributed by atoms with Gasteiger partial charge in [0.2, 0.25) is 5.91 Å². The maximum atomic E-state index is 12.3. The SMILES string of the molecule is CCC(NC(=O)C1CC12CCc1ccccc12)C(=O)O. The average molecular weight is 273 g/mol. The standard InChI is InChI=1S/C16H19NO3/c1-2-13(15(19)20)17-14(18)12-9-16(12)8-7-10-5-3-4-6-11(10)16/h3-6,12-13H,2,7-9H2,1H3,(H,17,18)(H,19,20). The van der Waals surface area contributed by atoms with Crippen molar-refractivity contribution in [2.24, 2.45) is 5.92 Å². The molecule has 0 saturated heterocycles. The van der Waals surface area contributed by atoms with Gasteiger partial charge in [0.05, 0.1) is 0 Å². The van der Waals surface area contributed by atoms with Gasteiger partial charge in [-0.25, -0.2) is 4.79 Å². The fourth-order valence-corrected chi connectivity index (χ4v) is 3.55. The summed E-state index contributed by atoms with van der Waals surface area (Å²) in [7, 11) is 0. The van der Waals surface area contributed by atoms with E-state index in [1.165, 1.54) is 11.1 Å². The van der Waals surface area contributed by atoms with E-state index < -0.39 is 12.0 Å². The molecule has 0 heterocycles. The maximum absolute atomic E-state index is 12.3. The first-order valence-corrected chi connectivity index (χ1v) is 7.20. The molecule has 4 nitrogen and oxygen atoms in total. The van der Waals surface area contributed by atoms with Crippen LogP contribution in [0.15, 0.2) is 24.3 Å². The number of carbonyl (C=O) groups excluding carboxylic acids is 1. The van der Waals surface area contributed by atoms with E-state index in [4.69, 9.17) is 5.11 Å². The van der Waals surface area contributed by atoms with Gasteiger partial charge in [-0.3, -0.25) is 4.79 Å². The molecule has 1 saturated carbocycles. The lowest BCUT2D eigenvalue weighted by Crippen LogP contribution is -2.41. The zero-order valence-corrected chi connectivity index (χ0v) is 11.6. The summed E-state index contributed by atoms with van der Waals surface area (Å²) in [6, 6.07) is 7.53. The molecule has 3 unspecified atom stereocenters. The topological polar surface area (TPSA) is 66.4 Å². The van der Waals surface area contributed by atoms with Crippen LogP contribution in [0, 0.1) is 5.92 Å². The molecule has 2 aliphatic carbocycles. The molecule has 0 bridgehead atoms. The molecule has 0 aliphatic heterocycles. The van der Waals surface area contributed by atoms with Crippen molar-refractivity contribution in [2.75, 3.05) is 0 Å². The summed E-state index contributed by atoms with van der Waals surface area (Å²) in [6.07, 6.45) is 3.30. The number of fused-ring (bicyclic) bond motifs is 2. The van der Waals surface area contributed by atoms with Crippen molar-refractivity contribution >= 4 is 11.9 Å². The van der Waals surface area contributed by atoms with E-state index in [9.17, 15) is 9.59 Å². The van der Waals surface area contributed by atoms with Crippen molar-refractivity contribution in [3.05, 3.63) is 35.4 Å². The van der Waals surface area contributed by atoms with Gasteiger partial charge in [0.15, 0.2) is 0 Å². The van der Waals surface area contributed by atoms with Crippen LogP contribution in [0.3, 0.4) is 0 Å². The van der Waals surface area contributed by atoms with Gasteiger partial charge in [-0.05, 0) is 36.8 Å². The minimum atomic E-state index is -0.956. The second-order valence-electron chi connectivity index (χ2n) is 5.88. The molecule has 1 aromatic carbocycles. The third-order valence-electron chi connectivity index (χ3n) is 4.81. The van der Waals surface area contributed by atoms with Crippen molar-refractivity contribution in [1.29, 1.82) is 0 Å². The molecule has 1 fully saturated rings. The van der Waals surface area contributed by atoms with E-state index >= 15 is 0 Å². The van der Waals surface area contributed by atoms with Crippen molar-refractivity contribution in [3.63, 3.8) is 0 Å². The Hall–Kier alpha value is -1.84. The van der Waals surface area contributed by atoms with E-state index in [-0.39, 0.29) is 17.2 Å². The summed E-state index contributed by atoms with van der Waals surface area (Å²) in [5.41, 5.74) is 2.62. The third kappa shape index (κ3) is 1.90. The van der Waals surface area contributed by atoms with Crippen LogP contribution in [0.2, 0.25) is 0 Å². The van der Waals surface area contributed by atoms with Gasteiger partial charge in [-0.1, -0.05) is 31.2 Å². The minimum Gasteiger partial charge on any atom is -0.480 e. The predicted molar refractivity (Wildman–Crippen MR) is 74.4 cm³/mol. The Kier molecular flexibility index (Phi) is 3.04. The predicted octanol–water partition coefficient (Wildman–Crippen LogP) is 1.87. The van der Waals surface area contributed by atoms with E-state index in [1.807, 2.05) is 12.1 Å². The lowest BCUT2D eigenvalue weighted by Gasteiger charge is -2.15. The molecule has 1 aromatic rings. The molecule has 4 heteroatoms. The van der Waals surface area contributed by atoms with Gasteiger partial charge in [0.1, 0.15) is 6.04 Å². The van der Waals surface area contributed by atoms with Gasteiger partial charge in [0, 0.05) is 11.3 Å². The van der Waals surface area contributed by atoms with Crippen LogP contribution in [-0.4, -0.2) is 23.0 Å². The van der Waals surface area contributed by atoms with Crippen molar-refractivity contribution in [1.82, 2.24) is 5.32 Å². The minimum absolute atomic E-state index is 0.0164. The number of carbonyl (C=O) groups is 2. The zero-order chi connectivity index (χ0) is 14.3. The number of rotatable bonds is 4. The van der Waals surface area contributed by atoms with E-state index in [0.717, 1.165) is 19.3 Å². The number of carboxylic acids is 1. The van der Waals surface area contributed by atoms with Crippen LogP contribution in [0.5, 0.6) is 0 Å². The zero-order valence-electron chi connectivity index (χ0n) is 11.6. The number of aliphatic carboxylic acids is 1. The second kappa shape index (κ2) is 4.62. The van der Waals surface area contributed by atoms with Gasteiger partial charge in [0.25, 0.3) is 0 Å². The Balaban J connectivity index is 1.73. The van der Waals surface area contributed by atoms with Gasteiger partial charge in [-0.2, -0.15) is 0 Å². The molecular weight excluding hydrogens is 254 g/mol. The van der Waals surface area contributed by atoms with Crippen LogP contribution in [0.4, 0.5) is 0 Å². The molecule has 3 rings (SSSR count). The first-order chi connectivity index (χ1) is 9.58. The quantitative estimate of drug-likeness (QED) is 0.880. The molecule has 2 N–H and O–H groups in total. The van der Waals surface area contributed by atoms with Crippen LogP contribution < -0.4 is 5.32 Å². The molecule has 0 radical (unpaired) electrons. The number of hydrogen-bond acceptors (Lipinski definition) is 2. The Morgan fingerprint density at radius 3 is 2.90 bits per heavy atom. The average Bonchev–Trinajstić information content (AvgIpc) is 3.06. The fourth-order valence-electron chi connectivity index (χ4n) is 3.55. The third-order valence-corrected chi connectivity index (χ3v) is 4.81. The molecule has 20 heavy (non-hydrogen) atoms. The number of amides is 1. The number of aryl methyl sites for hydroxylation is 1. The normalized spacial score (nSPS) is 27.9. The second-order valence-corrected chi connectivity index (χ2v) is 5.88. The summed E-state index contributed by atoms with van der Waals surface area (Å²) in [5.74, 6) is -1.11. The highest BCUT2D eigenvalue weighted by atomic mass is 16.4. The number of carboxylic acid groups (broad SMARTS) is 1. The van der Waals surface area contributed by atoms with Gasteiger partial charge < -0.3 is 10.4 Å². The maximum Gasteiger partial charge on any atom is 0.326 e. The van der Waals surface area contributed by atoms with Crippen molar-refractivity contribution in [2.45, 2.75) is 44.1 Å². The summed E-state index contributed by atoms with van der Waals surface area (Å²) < 4.78 is 0.